The van der Waals surface area contributed by atoms with E-state index in [0.717, 1.165) is 11.2 Å². The second-order valence-corrected chi connectivity index (χ2v) is 4.58. The summed E-state index contributed by atoms with van der Waals surface area (Å²) in [6, 6.07) is 0. The van der Waals surface area contributed by atoms with Crippen molar-refractivity contribution in [1.29, 1.82) is 0 Å². The fraction of sp³-hybridized carbons (Fsp3) is 1.00. The van der Waals surface area contributed by atoms with E-state index in [1.54, 1.807) is 0 Å². The van der Waals surface area contributed by atoms with Gasteiger partial charge in [0.15, 0.2) is 0 Å². The molecule has 0 bridgehead atoms. The molecule has 0 radical (unpaired) electrons. The zero-order chi connectivity index (χ0) is 8.91. The van der Waals surface area contributed by atoms with Crippen LogP contribution in [0, 0.1) is 0 Å². The maximum absolute atomic E-state index is 5.50. The Morgan fingerprint density at radius 2 is 1.91 bits per heavy atom. The minimum Gasteiger partial charge on any atom is -0.365 e. The minimum atomic E-state index is 0.130. The molecule has 68 valence electrons. The number of hydrogen-bond acceptors (Lipinski definition) is 2. The van der Waals surface area contributed by atoms with Gasteiger partial charge < -0.3 is 4.74 Å². The predicted octanol–water partition coefficient (Wildman–Crippen LogP) is 3.29. The standard InChI is InChI=1S/C7H14OS.C2H6/c1-6-4-7(2,3)8-5-9-6;1-2/h6H,4-5H2,1-3H3;1-2H3. The van der Waals surface area contributed by atoms with Crippen molar-refractivity contribution >= 4 is 11.8 Å². The Labute approximate surface area is 74.9 Å². The van der Waals surface area contributed by atoms with Crippen LogP contribution in [0.2, 0.25) is 0 Å². The topological polar surface area (TPSA) is 9.23 Å². The highest BCUT2D eigenvalue weighted by Gasteiger charge is 2.26. The highest BCUT2D eigenvalue weighted by molar-refractivity contribution is 7.99. The number of rotatable bonds is 0. The Hall–Kier alpha value is 0.310. The molecule has 0 N–H and O–H groups in total. The van der Waals surface area contributed by atoms with Crippen molar-refractivity contribution in [3.63, 3.8) is 0 Å². The van der Waals surface area contributed by atoms with Crippen molar-refractivity contribution in [2.45, 2.75) is 51.9 Å². The zero-order valence-electron chi connectivity index (χ0n) is 8.31. The van der Waals surface area contributed by atoms with E-state index in [2.05, 4.69) is 20.8 Å². The molecular weight excluding hydrogens is 156 g/mol. The molecular formula is C9H20OS. The summed E-state index contributed by atoms with van der Waals surface area (Å²) in [6.07, 6.45) is 1.18. The van der Waals surface area contributed by atoms with Crippen LogP contribution >= 0.6 is 11.8 Å². The van der Waals surface area contributed by atoms with Gasteiger partial charge in [-0.2, -0.15) is 0 Å². The van der Waals surface area contributed by atoms with Gasteiger partial charge >= 0.3 is 0 Å². The fourth-order valence-corrected chi connectivity index (χ4v) is 2.26. The van der Waals surface area contributed by atoms with Crippen LogP contribution in [0.15, 0.2) is 0 Å². The normalized spacial score (nSPS) is 28.6. The minimum absolute atomic E-state index is 0.130. The Bertz CT molecular complexity index is 102. The molecule has 0 aliphatic carbocycles. The lowest BCUT2D eigenvalue weighted by molar-refractivity contribution is -0.00201. The number of ether oxygens (including phenoxy) is 1. The van der Waals surface area contributed by atoms with E-state index in [1.807, 2.05) is 25.6 Å². The van der Waals surface area contributed by atoms with Crippen LogP contribution in [0.25, 0.3) is 0 Å². The van der Waals surface area contributed by atoms with Crippen LogP contribution in [0.1, 0.15) is 41.0 Å². The lowest BCUT2D eigenvalue weighted by Crippen LogP contribution is -2.32. The van der Waals surface area contributed by atoms with Crippen LogP contribution in [-0.2, 0) is 4.74 Å². The molecule has 0 saturated carbocycles. The van der Waals surface area contributed by atoms with Crippen molar-refractivity contribution in [3.8, 4) is 0 Å². The predicted molar refractivity (Wildman–Crippen MR) is 53.0 cm³/mol. The van der Waals surface area contributed by atoms with Crippen molar-refractivity contribution in [2.24, 2.45) is 0 Å². The summed E-state index contributed by atoms with van der Waals surface area (Å²) in [5, 5.41) is 0.772. The average molecular weight is 176 g/mol. The number of hydrogen-bond donors (Lipinski definition) is 0. The summed E-state index contributed by atoms with van der Waals surface area (Å²) in [7, 11) is 0. The lowest BCUT2D eigenvalue weighted by Gasteiger charge is -2.33. The molecule has 11 heavy (non-hydrogen) atoms. The number of thioether (sulfide) groups is 1. The first-order chi connectivity index (χ1) is 5.10. The third-order valence-electron chi connectivity index (χ3n) is 1.58. The Morgan fingerprint density at radius 1 is 1.36 bits per heavy atom. The average Bonchev–Trinajstić information content (AvgIpc) is 1.89. The van der Waals surface area contributed by atoms with Gasteiger partial charge in [0.1, 0.15) is 0 Å². The summed E-state index contributed by atoms with van der Waals surface area (Å²) in [5.41, 5.74) is 0.130. The molecule has 1 heterocycles. The Kier molecular flexibility index (Phi) is 5.19. The first-order valence-electron chi connectivity index (χ1n) is 4.36. The van der Waals surface area contributed by atoms with Crippen LogP contribution in [0.3, 0.4) is 0 Å². The summed E-state index contributed by atoms with van der Waals surface area (Å²) in [6.45, 7) is 10.6. The molecule has 0 aromatic heterocycles. The smallest absolute Gasteiger partial charge is 0.0930 e. The van der Waals surface area contributed by atoms with E-state index >= 15 is 0 Å². The Balaban J connectivity index is 0.000000461. The molecule has 1 saturated heterocycles. The molecule has 1 aliphatic rings. The maximum atomic E-state index is 5.50. The quantitative estimate of drug-likeness (QED) is 0.560. The molecule has 0 spiro atoms. The summed E-state index contributed by atoms with van der Waals surface area (Å²) < 4.78 is 5.50. The van der Waals surface area contributed by atoms with Gasteiger partial charge in [-0.15, -0.1) is 11.8 Å². The SMILES string of the molecule is CC.CC1CC(C)(C)OCS1. The monoisotopic (exact) mass is 176 g/mol. The molecule has 1 fully saturated rings. The molecule has 1 atom stereocenters. The molecule has 1 nitrogen and oxygen atoms in total. The first-order valence-corrected chi connectivity index (χ1v) is 5.41. The fourth-order valence-electron chi connectivity index (χ4n) is 1.12. The summed E-state index contributed by atoms with van der Waals surface area (Å²) in [5.74, 6) is 0.869. The van der Waals surface area contributed by atoms with Crippen LogP contribution in [0.4, 0.5) is 0 Å². The first kappa shape index (κ1) is 11.3. The van der Waals surface area contributed by atoms with Gasteiger partial charge in [-0.1, -0.05) is 20.8 Å². The maximum Gasteiger partial charge on any atom is 0.0930 e. The van der Waals surface area contributed by atoms with Gasteiger partial charge in [0, 0.05) is 5.25 Å². The highest BCUT2D eigenvalue weighted by Crippen LogP contribution is 2.30. The third kappa shape index (κ3) is 4.70. The van der Waals surface area contributed by atoms with Crippen molar-refractivity contribution in [3.05, 3.63) is 0 Å². The van der Waals surface area contributed by atoms with E-state index in [1.165, 1.54) is 6.42 Å². The second-order valence-electron chi connectivity index (χ2n) is 3.20. The molecule has 0 aromatic carbocycles. The van der Waals surface area contributed by atoms with Crippen LogP contribution in [0.5, 0.6) is 0 Å². The van der Waals surface area contributed by atoms with E-state index in [-0.39, 0.29) is 5.60 Å². The van der Waals surface area contributed by atoms with Gasteiger partial charge in [0.05, 0.1) is 11.5 Å². The van der Waals surface area contributed by atoms with Gasteiger partial charge in [0.2, 0.25) is 0 Å². The molecule has 1 rings (SSSR count). The van der Waals surface area contributed by atoms with Crippen molar-refractivity contribution < 1.29 is 4.74 Å². The van der Waals surface area contributed by atoms with Gasteiger partial charge in [-0.3, -0.25) is 0 Å². The zero-order valence-corrected chi connectivity index (χ0v) is 9.12. The van der Waals surface area contributed by atoms with Crippen LogP contribution in [-0.4, -0.2) is 16.8 Å². The van der Waals surface area contributed by atoms with E-state index in [9.17, 15) is 0 Å². The van der Waals surface area contributed by atoms with E-state index in [4.69, 9.17) is 4.74 Å². The highest BCUT2D eigenvalue weighted by atomic mass is 32.2. The molecule has 0 aromatic rings. The third-order valence-corrected chi connectivity index (χ3v) is 2.57. The van der Waals surface area contributed by atoms with E-state index in [0.29, 0.717) is 0 Å². The second kappa shape index (κ2) is 5.04. The van der Waals surface area contributed by atoms with Gasteiger partial charge in [0.25, 0.3) is 0 Å². The lowest BCUT2D eigenvalue weighted by atomic mass is 10.0. The van der Waals surface area contributed by atoms with Crippen LogP contribution < -0.4 is 0 Å². The van der Waals surface area contributed by atoms with Gasteiger partial charge in [-0.25, -0.2) is 0 Å². The molecule has 0 amide bonds. The Morgan fingerprint density at radius 3 is 2.18 bits per heavy atom. The molecule has 1 aliphatic heterocycles. The summed E-state index contributed by atoms with van der Waals surface area (Å²) in [4.78, 5) is 0. The van der Waals surface area contributed by atoms with Crippen molar-refractivity contribution in [1.82, 2.24) is 0 Å². The van der Waals surface area contributed by atoms with Gasteiger partial charge in [-0.05, 0) is 20.3 Å². The van der Waals surface area contributed by atoms with E-state index < -0.39 is 0 Å². The summed E-state index contributed by atoms with van der Waals surface area (Å²) >= 11 is 1.90. The van der Waals surface area contributed by atoms with Crippen molar-refractivity contribution in [2.75, 3.05) is 5.94 Å². The molecule has 1 unspecified atom stereocenters. The molecule has 2 heteroatoms. The largest absolute Gasteiger partial charge is 0.365 e.